The Morgan fingerprint density at radius 3 is 2.92 bits per heavy atom. The Bertz CT molecular complexity index is 505. The molecule has 0 radical (unpaired) electrons. The van der Waals surface area contributed by atoms with Gasteiger partial charge >= 0.3 is 0 Å². The van der Waals surface area contributed by atoms with Crippen LogP contribution in [0.1, 0.15) is 11.3 Å². The van der Waals surface area contributed by atoms with Crippen LogP contribution in [-0.2, 0) is 0 Å². The quantitative estimate of drug-likeness (QED) is 0.654. The van der Waals surface area contributed by atoms with E-state index in [0.29, 0.717) is 10.9 Å². The standard InChI is InChI=1S/C10H7FN2/c1-6-9(5-12)8-4-7(11)2-3-10(8)13-6/h2-4,13H,1H3. The summed E-state index contributed by atoms with van der Waals surface area (Å²) < 4.78 is 12.8. The highest BCUT2D eigenvalue weighted by molar-refractivity contribution is 5.87. The third-order valence-corrected chi connectivity index (χ3v) is 2.06. The van der Waals surface area contributed by atoms with E-state index in [2.05, 4.69) is 4.98 Å². The minimum absolute atomic E-state index is 0.317. The van der Waals surface area contributed by atoms with E-state index >= 15 is 0 Å². The number of hydrogen-bond donors (Lipinski definition) is 1. The smallest absolute Gasteiger partial charge is 0.124 e. The number of aromatic nitrogens is 1. The molecule has 0 aliphatic heterocycles. The van der Waals surface area contributed by atoms with Crippen molar-refractivity contribution in [2.24, 2.45) is 0 Å². The van der Waals surface area contributed by atoms with Gasteiger partial charge in [-0.15, -0.1) is 0 Å². The molecule has 1 N–H and O–H groups in total. The molecule has 1 aromatic carbocycles. The molecule has 0 atom stereocenters. The summed E-state index contributed by atoms with van der Waals surface area (Å²) in [6.45, 7) is 1.80. The van der Waals surface area contributed by atoms with Crippen molar-refractivity contribution in [2.45, 2.75) is 6.92 Å². The minimum Gasteiger partial charge on any atom is -0.358 e. The Labute approximate surface area is 74.6 Å². The molecule has 1 aromatic heterocycles. The van der Waals surface area contributed by atoms with Crippen LogP contribution in [0.3, 0.4) is 0 Å². The lowest BCUT2D eigenvalue weighted by atomic mass is 10.1. The number of nitrogens with zero attached hydrogens (tertiary/aromatic N) is 1. The Hall–Kier alpha value is -1.82. The molecule has 0 bridgehead atoms. The zero-order valence-electron chi connectivity index (χ0n) is 7.06. The van der Waals surface area contributed by atoms with Crippen LogP contribution in [0.25, 0.3) is 10.9 Å². The summed E-state index contributed by atoms with van der Waals surface area (Å²) >= 11 is 0. The van der Waals surface area contributed by atoms with E-state index < -0.39 is 0 Å². The lowest BCUT2D eigenvalue weighted by molar-refractivity contribution is 0.629. The van der Waals surface area contributed by atoms with Crippen LogP contribution in [0.15, 0.2) is 18.2 Å². The third kappa shape index (κ3) is 1.07. The van der Waals surface area contributed by atoms with E-state index in [1.54, 1.807) is 13.0 Å². The normalized spacial score (nSPS) is 10.2. The first-order valence-electron chi connectivity index (χ1n) is 3.90. The molecule has 0 aliphatic carbocycles. The minimum atomic E-state index is -0.317. The maximum Gasteiger partial charge on any atom is 0.124 e. The fourth-order valence-corrected chi connectivity index (χ4v) is 1.44. The number of rotatable bonds is 0. The highest BCUT2D eigenvalue weighted by atomic mass is 19.1. The predicted octanol–water partition coefficient (Wildman–Crippen LogP) is 2.49. The van der Waals surface area contributed by atoms with E-state index in [9.17, 15) is 4.39 Å². The topological polar surface area (TPSA) is 39.6 Å². The number of H-pyrrole nitrogens is 1. The summed E-state index contributed by atoms with van der Waals surface area (Å²) in [5.41, 5.74) is 2.10. The predicted molar refractivity (Wildman–Crippen MR) is 47.7 cm³/mol. The molecule has 13 heavy (non-hydrogen) atoms. The molecule has 0 aliphatic rings. The van der Waals surface area contributed by atoms with E-state index in [0.717, 1.165) is 11.2 Å². The van der Waals surface area contributed by atoms with Gasteiger partial charge < -0.3 is 4.98 Å². The molecule has 0 amide bonds. The first kappa shape index (κ1) is 7.81. The largest absolute Gasteiger partial charge is 0.358 e. The molecule has 0 unspecified atom stereocenters. The summed E-state index contributed by atoms with van der Waals surface area (Å²) in [6, 6.07) is 6.43. The average molecular weight is 174 g/mol. The average Bonchev–Trinajstić information content (AvgIpc) is 2.40. The zero-order valence-corrected chi connectivity index (χ0v) is 7.06. The number of aryl methyl sites for hydroxylation is 1. The van der Waals surface area contributed by atoms with Gasteiger partial charge in [-0.1, -0.05) is 0 Å². The van der Waals surface area contributed by atoms with E-state index in [4.69, 9.17) is 5.26 Å². The Morgan fingerprint density at radius 1 is 1.46 bits per heavy atom. The lowest BCUT2D eigenvalue weighted by Crippen LogP contribution is -1.75. The van der Waals surface area contributed by atoms with Gasteiger partial charge in [0.1, 0.15) is 11.9 Å². The summed E-state index contributed by atoms with van der Waals surface area (Å²) in [4.78, 5) is 3.02. The van der Waals surface area contributed by atoms with Gasteiger partial charge in [0.25, 0.3) is 0 Å². The van der Waals surface area contributed by atoms with Crippen molar-refractivity contribution in [1.29, 1.82) is 5.26 Å². The van der Waals surface area contributed by atoms with Gasteiger partial charge in [-0.2, -0.15) is 5.26 Å². The van der Waals surface area contributed by atoms with Crippen molar-refractivity contribution in [3.05, 3.63) is 35.3 Å². The fourth-order valence-electron chi connectivity index (χ4n) is 1.44. The van der Waals surface area contributed by atoms with Gasteiger partial charge in [0.15, 0.2) is 0 Å². The van der Waals surface area contributed by atoms with Crippen molar-refractivity contribution in [3.63, 3.8) is 0 Å². The van der Waals surface area contributed by atoms with Crippen LogP contribution in [0, 0.1) is 24.1 Å². The highest BCUT2D eigenvalue weighted by Gasteiger charge is 2.07. The fraction of sp³-hybridized carbons (Fsp3) is 0.100. The monoisotopic (exact) mass is 174 g/mol. The number of fused-ring (bicyclic) bond motifs is 1. The summed E-state index contributed by atoms with van der Waals surface area (Å²) in [5, 5.41) is 9.46. The Balaban J connectivity index is 2.91. The number of benzene rings is 1. The van der Waals surface area contributed by atoms with E-state index in [1.165, 1.54) is 12.1 Å². The second-order valence-electron chi connectivity index (χ2n) is 2.93. The Kier molecular flexibility index (Phi) is 1.56. The SMILES string of the molecule is Cc1[nH]c2ccc(F)cc2c1C#N. The summed E-state index contributed by atoms with van der Waals surface area (Å²) in [7, 11) is 0. The molecule has 64 valence electrons. The molecule has 0 saturated heterocycles. The number of nitriles is 1. The zero-order chi connectivity index (χ0) is 9.42. The van der Waals surface area contributed by atoms with E-state index in [-0.39, 0.29) is 5.82 Å². The van der Waals surface area contributed by atoms with Crippen LogP contribution in [0.5, 0.6) is 0 Å². The van der Waals surface area contributed by atoms with Crippen LogP contribution < -0.4 is 0 Å². The first-order chi connectivity index (χ1) is 6.22. The molecule has 0 saturated carbocycles. The molecule has 0 spiro atoms. The van der Waals surface area contributed by atoms with Crippen molar-refractivity contribution in [2.75, 3.05) is 0 Å². The maximum atomic E-state index is 12.8. The third-order valence-electron chi connectivity index (χ3n) is 2.06. The molecule has 0 fully saturated rings. The van der Waals surface area contributed by atoms with Crippen LogP contribution >= 0.6 is 0 Å². The highest BCUT2D eigenvalue weighted by Crippen LogP contribution is 2.21. The summed E-state index contributed by atoms with van der Waals surface area (Å²) in [6.07, 6.45) is 0. The number of halogens is 1. The molecule has 2 nitrogen and oxygen atoms in total. The molecule has 1 heterocycles. The van der Waals surface area contributed by atoms with Gasteiger partial charge in [0.2, 0.25) is 0 Å². The Morgan fingerprint density at radius 2 is 2.23 bits per heavy atom. The second-order valence-corrected chi connectivity index (χ2v) is 2.93. The number of hydrogen-bond acceptors (Lipinski definition) is 1. The second kappa shape index (κ2) is 2.60. The van der Waals surface area contributed by atoms with Crippen molar-refractivity contribution in [1.82, 2.24) is 4.98 Å². The van der Waals surface area contributed by atoms with Gasteiger partial charge in [0.05, 0.1) is 5.56 Å². The van der Waals surface area contributed by atoms with Gasteiger partial charge in [-0.25, -0.2) is 4.39 Å². The van der Waals surface area contributed by atoms with Crippen molar-refractivity contribution >= 4 is 10.9 Å². The maximum absolute atomic E-state index is 12.8. The van der Waals surface area contributed by atoms with Gasteiger partial charge in [0, 0.05) is 16.6 Å². The number of nitrogens with one attached hydrogen (secondary N) is 1. The van der Waals surface area contributed by atoms with Crippen LogP contribution in [0.4, 0.5) is 4.39 Å². The van der Waals surface area contributed by atoms with Crippen LogP contribution in [0.2, 0.25) is 0 Å². The molecule has 2 rings (SSSR count). The van der Waals surface area contributed by atoms with Gasteiger partial charge in [-0.05, 0) is 25.1 Å². The molecular weight excluding hydrogens is 167 g/mol. The molecule has 2 aromatic rings. The van der Waals surface area contributed by atoms with Crippen LogP contribution in [-0.4, -0.2) is 4.98 Å². The van der Waals surface area contributed by atoms with Crippen molar-refractivity contribution in [3.8, 4) is 6.07 Å². The first-order valence-corrected chi connectivity index (χ1v) is 3.90. The molecular formula is C10H7FN2. The number of aromatic amines is 1. The molecule has 3 heteroatoms. The van der Waals surface area contributed by atoms with E-state index in [1.807, 2.05) is 6.07 Å². The summed E-state index contributed by atoms with van der Waals surface area (Å²) in [5.74, 6) is -0.317. The van der Waals surface area contributed by atoms with Crippen molar-refractivity contribution < 1.29 is 4.39 Å². The lowest BCUT2D eigenvalue weighted by Gasteiger charge is -1.89. The van der Waals surface area contributed by atoms with Gasteiger partial charge in [-0.3, -0.25) is 0 Å².